The number of anilines is 1. The molecule has 2 N–H and O–H groups in total. The van der Waals surface area contributed by atoms with Gasteiger partial charge in [-0.2, -0.15) is 0 Å². The number of benzene rings is 1. The van der Waals surface area contributed by atoms with E-state index in [0.29, 0.717) is 88.3 Å². The van der Waals surface area contributed by atoms with Gasteiger partial charge in [-0.15, -0.1) is 0 Å². The summed E-state index contributed by atoms with van der Waals surface area (Å²) in [5.74, 6) is -1.72. The summed E-state index contributed by atoms with van der Waals surface area (Å²) >= 11 is 0. The molecule has 316 valence electrons. The van der Waals surface area contributed by atoms with Crippen LogP contribution >= 0.6 is 0 Å². The lowest BCUT2D eigenvalue weighted by molar-refractivity contribution is -0.228. The average molecular weight is 811 g/mol. The second kappa shape index (κ2) is 13.9. The Morgan fingerprint density at radius 2 is 1.75 bits per heavy atom. The summed E-state index contributed by atoms with van der Waals surface area (Å²) in [7, 11) is 6.14. The van der Waals surface area contributed by atoms with Crippen molar-refractivity contribution in [1.29, 1.82) is 0 Å². The Morgan fingerprint density at radius 3 is 2.44 bits per heavy atom. The third-order valence-corrected chi connectivity index (χ3v) is 15.7. The first kappa shape index (κ1) is 40.1. The molecule has 0 amide bonds. The van der Waals surface area contributed by atoms with E-state index in [1.807, 2.05) is 56.2 Å². The summed E-state index contributed by atoms with van der Waals surface area (Å²) in [6.45, 7) is 8.61. The maximum Gasteiger partial charge on any atom is 0.344 e. The minimum Gasteiger partial charge on any atom is -0.496 e. The largest absolute Gasteiger partial charge is 0.496 e. The van der Waals surface area contributed by atoms with E-state index in [1.54, 1.807) is 7.11 Å². The highest BCUT2D eigenvalue weighted by molar-refractivity contribution is 6.05. The van der Waals surface area contributed by atoms with Crippen LogP contribution in [-0.2, 0) is 39.4 Å². The van der Waals surface area contributed by atoms with Crippen LogP contribution < -0.4 is 9.64 Å². The fourth-order valence-electron chi connectivity index (χ4n) is 13.6. The number of rotatable bonds is 7. The molecule has 9 rings (SSSR count). The number of fused-ring (bicyclic) bond motifs is 5. The molecule has 0 radical (unpaired) electrons. The molecule has 2 saturated heterocycles. The summed E-state index contributed by atoms with van der Waals surface area (Å²) < 4.78 is 23.9. The van der Waals surface area contributed by atoms with Gasteiger partial charge in [-0.05, 0) is 74.3 Å². The van der Waals surface area contributed by atoms with Crippen molar-refractivity contribution in [3.05, 3.63) is 71.0 Å². The molecule has 2 aliphatic carbocycles. The van der Waals surface area contributed by atoms with E-state index in [2.05, 4.69) is 28.0 Å². The third-order valence-electron chi connectivity index (χ3n) is 15.7. The van der Waals surface area contributed by atoms with Crippen molar-refractivity contribution in [3.8, 4) is 5.75 Å². The van der Waals surface area contributed by atoms with E-state index in [-0.39, 0.29) is 17.9 Å². The molecule has 59 heavy (non-hydrogen) atoms. The number of allylic oxidation sites excluding steroid dienone is 4. The Morgan fingerprint density at radius 1 is 0.966 bits per heavy atom. The number of nitrogens with zero attached hydrogens (tertiary/aromatic N) is 4. The van der Waals surface area contributed by atoms with Crippen molar-refractivity contribution >= 4 is 29.3 Å². The zero-order chi connectivity index (χ0) is 41.9. The van der Waals surface area contributed by atoms with E-state index in [4.69, 9.17) is 23.9 Å². The second-order valence-corrected chi connectivity index (χ2v) is 18.3. The van der Waals surface area contributed by atoms with Gasteiger partial charge in [-0.3, -0.25) is 24.4 Å². The fraction of sp³-hybridized carbons (Fsp3) is 0.609. The molecule has 6 heterocycles. The number of aliphatic imine (C=N–C) groups is 1. The van der Waals surface area contributed by atoms with Gasteiger partial charge in [0, 0.05) is 80.3 Å². The number of likely N-dealkylation sites (N-methyl/N-ethyl adjacent to an activating group) is 1. The van der Waals surface area contributed by atoms with Crippen molar-refractivity contribution in [2.75, 3.05) is 66.0 Å². The first-order valence-electron chi connectivity index (χ1n) is 21.3. The minimum atomic E-state index is -2.30. The molecule has 1 aromatic carbocycles. The molecular formula is C46H58N4O9. The van der Waals surface area contributed by atoms with Crippen molar-refractivity contribution in [3.63, 3.8) is 0 Å². The number of ether oxygens (including phenoxy) is 4. The van der Waals surface area contributed by atoms with Gasteiger partial charge in [0.05, 0.1) is 44.4 Å². The Labute approximate surface area is 346 Å². The van der Waals surface area contributed by atoms with E-state index < -0.39 is 57.5 Å². The van der Waals surface area contributed by atoms with Crippen LogP contribution in [0.2, 0.25) is 0 Å². The molecule has 1 spiro atoms. The molecule has 3 fully saturated rings. The Kier molecular flexibility index (Phi) is 9.43. The number of aliphatic hydroxyl groups is 2. The van der Waals surface area contributed by atoms with Gasteiger partial charge in [0.25, 0.3) is 0 Å². The maximum absolute atomic E-state index is 15.3. The van der Waals surface area contributed by atoms with E-state index in [0.717, 1.165) is 22.5 Å². The molecule has 13 heteroatoms. The van der Waals surface area contributed by atoms with Crippen molar-refractivity contribution in [2.24, 2.45) is 22.2 Å². The molecule has 8 aliphatic rings. The number of piperidine rings is 1. The van der Waals surface area contributed by atoms with E-state index in [9.17, 15) is 19.8 Å². The monoisotopic (exact) mass is 810 g/mol. The van der Waals surface area contributed by atoms with Gasteiger partial charge >= 0.3 is 17.9 Å². The topological polar surface area (TPSA) is 151 Å². The standard InChI is InChI=1S/C46H58N4O9/c1-8-42(54)23-28-24-45(40(52)57-6,36-30(15-19-49(25-28)26-42)29-13-10-11-14-33(29)47-36)32-21-31-34(22-35(32)56-5)48(4)38-44(31)17-20-50-18-12-16-43(9-2,37(44)50)39(59-27(3)51)46(38,55)41(53)58-7/h10-14,16,21-22,28-29,37-39,54-55H,8-9,15,17-20,23-26H2,1-7H3/t28-,29?,37+,38-,39-,42+,43-,44-,45+,46+/m1/s1. The zero-order valence-electron chi connectivity index (χ0n) is 35.3. The number of carbonyl (C=O) groups is 3. The number of hydrogen-bond acceptors (Lipinski definition) is 13. The van der Waals surface area contributed by atoms with Gasteiger partial charge in [-0.1, -0.05) is 44.2 Å². The van der Waals surface area contributed by atoms with Crippen LogP contribution in [0.4, 0.5) is 5.69 Å². The van der Waals surface area contributed by atoms with E-state index in [1.165, 1.54) is 21.1 Å². The summed E-state index contributed by atoms with van der Waals surface area (Å²) in [5, 5.41) is 25.3. The van der Waals surface area contributed by atoms with Gasteiger partial charge in [0.1, 0.15) is 11.2 Å². The van der Waals surface area contributed by atoms with Crippen molar-refractivity contribution in [1.82, 2.24) is 9.80 Å². The van der Waals surface area contributed by atoms with Crippen molar-refractivity contribution < 1.29 is 43.5 Å². The van der Waals surface area contributed by atoms with Gasteiger partial charge in [-0.25, -0.2) is 4.79 Å². The molecule has 6 aliphatic heterocycles. The van der Waals surface area contributed by atoms with Gasteiger partial charge in [0.15, 0.2) is 6.10 Å². The normalized spacial score (nSPS) is 40.1. The summed E-state index contributed by atoms with van der Waals surface area (Å²) in [5.41, 5.74) is -1.81. The number of methoxy groups -OCH3 is 3. The zero-order valence-corrected chi connectivity index (χ0v) is 35.3. The average Bonchev–Trinajstić information content (AvgIpc) is 3.90. The first-order valence-corrected chi connectivity index (χ1v) is 21.3. The molecule has 13 nitrogen and oxygen atoms in total. The Bertz CT molecular complexity index is 2150. The van der Waals surface area contributed by atoms with Crippen LogP contribution in [-0.4, -0.2) is 134 Å². The second-order valence-electron chi connectivity index (χ2n) is 18.3. The summed E-state index contributed by atoms with van der Waals surface area (Å²) in [6.07, 6.45) is 14.1. The molecule has 1 saturated carbocycles. The van der Waals surface area contributed by atoms with Crippen LogP contribution in [0.25, 0.3) is 0 Å². The molecule has 0 aromatic heterocycles. The highest BCUT2D eigenvalue weighted by atomic mass is 16.6. The highest BCUT2D eigenvalue weighted by Crippen LogP contribution is 2.68. The lowest BCUT2D eigenvalue weighted by atomic mass is 9.47. The Hall–Kier alpha value is -4.30. The summed E-state index contributed by atoms with van der Waals surface area (Å²) in [6, 6.07) is 2.79. The van der Waals surface area contributed by atoms with Crippen LogP contribution in [0.15, 0.2) is 64.9 Å². The minimum absolute atomic E-state index is 0.109. The van der Waals surface area contributed by atoms with Crippen molar-refractivity contribution in [2.45, 2.75) is 99.5 Å². The first-order chi connectivity index (χ1) is 28.2. The highest BCUT2D eigenvalue weighted by Gasteiger charge is 2.80. The van der Waals surface area contributed by atoms with Crippen LogP contribution in [0, 0.1) is 17.3 Å². The molecule has 11 atom stereocenters. The third kappa shape index (κ3) is 5.23. The fourth-order valence-corrected chi connectivity index (χ4v) is 13.6. The smallest absolute Gasteiger partial charge is 0.344 e. The van der Waals surface area contributed by atoms with Crippen LogP contribution in [0.5, 0.6) is 5.75 Å². The molecule has 1 aromatic rings. The number of carbonyl (C=O) groups excluding carboxylic acids is 3. The SMILES string of the molecule is CC[C@]1(O)C[C@H]2CN(CCC3=C(N=C4C=CC=CC43)[C@@](C(=O)OC)(c3cc4c(cc3OC)N(C)[C@H]3[C@@](O)(C(=O)OC)[C@H](OC(C)=O)[C@]5(CC)C=CCN6CC[C@]43[C@@H]65)C2)C1. The lowest BCUT2D eigenvalue weighted by Crippen LogP contribution is -2.81. The predicted octanol–water partition coefficient (Wildman–Crippen LogP) is 3.76. The predicted molar refractivity (Wildman–Crippen MR) is 220 cm³/mol. The van der Waals surface area contributed by atoms with Crippen LogP contribution in [0.3, 0.4) is 0 Å². The molecule has 2 unspecified atom stereocenters. The molecule has 2 bridgehead atoms. The van der Waals surface area contributed by atoms with E-state index >= 15 is 4.79 Å². The van der Waals surface area contributed by atoms with Gasteiger partial charge < -0.3 is 34.1 Å². The summed E-state index contributed by atoms with van der Waals surface area (Å²) in [4.78, 5) is 54.8. The van der Waals surface area contributed by atoms with Gasteiger partial charge in [0.2, 0.25) is 5.60 Å². The lowest BCUT2D eigenvalue weighted by Gasteiger charge is -2.63. The quantitative estimate of drug-likeness (QED) is 0.235. The maximum atomic E-state index is 15.3. The molecular weight excluding hydrogens is 753 g/mol. The van der Waals surface area contributed by atoms with Crippen LogP contribution in [0.1, 0.15) is 70.4 Å². The number of esters is 3. The number of hydrogen-bond donors (Lipinski definition) is 2. The Balaban J connectivity index is 1.35.